The third-order valence-corrected chi connectivity index (χ3v) is 1.86. The molecule has 0 heterocycles. The van der Waals surface area contributed by atoms with E-state index in [1.54, 1.807) is 0 Å². The second kappa shape index (κ2) is 4.94. The zero-order chi connectivity index (χ0) is 10.6. The summed E-state index contributed by atoms with van der Waals surface area (Å²) in [5, 5.41) is 0. The van der Waals surface area contributed by atoms with Crippen molar-refractivity contribution in [3.05, 3.63) is 0 Å². The standard InChI is InChI=1S/C10H25N3/c1-10(2,3)13(8-11(4)5)9-12(6)7/h8-9H2,1-7H3. The molecule has 0 amide bonds. The Morgan fingerprint density at radius 1 is 0.769 bits per heavy atom. The summed E-state index contributed by atoms with van der Waals surface area (Å²) >= 11 is 0. The van der Waals surface area contributed by atoms with E-state index in [0.29, 0.717) is 0 Å². The normalized spacial score (nSPS) is 13.4. The topological polar surface area (TPSA) is 9.72 Å². The van der Waals surface area contributed by atoms with Crippen LogP contribution in [-0.2, 0) is 0 Å². The first kappa shape index (κ1) is 12.9. The molecule has 0 aliphatic heterocycles. The molecule has 13 heavy (non-hydrogen) atoms. The lowest BCUT2D eigenvalue weighted by atomic mass is 10.1. The van der Waals surface area contributed by atoms with Crippen LogP contribution in [-0.4, -0.2) is 61.8 Å². The summed E-state index contributed by atoms with van der Waals surface area (Å²) in [7, 11) is 8.42. The molecule has 0 unspecified atom stereocenters. The summed E-state index contributed by atoms with van der Waals surface area (Å²) in [5.41, 5.74) is 0.231. The maximum Gasteiger partial charge on any atom is 0.0517 e. The van der Waals surface area contributed by atoms with Crippen molar-refractivity contribution in [1.29, 1.82) is 0 Å². The van der Waals surface area contributed by atoms with Crippen LogP contribution < -0.4 is 0 Å². The zero-order valence-corrected chi connectivity index (χ0v) is 10.3. The van der Waals surface area contributed by atoms with Gasteiger partial charge in [0, 0.05) is 5.54 Å². The molecule has 0 bridgehead atoms. The Labute approximate surface area is 83.3 Å². The molecule has 0 radical (unpaired) electrons. The molecule has 0 atom stereocenters. The lowest BCUT2D eigenvalue weighted by molar-refractivity contribution is 0.0383. The van der Waals surface area contributed by atoms with Crippen LogP contribution in [0.1, 0.15) is 20.8 Å². The van der Waals surface area contributed by atoms with E-state index in [1.165, 1.54) is 0 Å². The lowest BCUT2D eigenvalue weighted by Gasteiger charge is -2.39. The van der Waals surface area contributed by atoms with Gasteiger partial charge in [0.1, 0.15) is 0 Å². The molecule has 0 aromatic heterocycles. The molecule has 0 fully saturated rings. The summed E-state index contributed by atoms with van der Waals surface area (Å²) in [6.07, 6.45) is 0. The van der Waals surface area contributed by atoms with E-state index >= 15 is 0 Å². The van der Waals surface area contributed by atoms with E-state index < -0.39 is 0 Å². The van der Waals surface area contributed by atoms with Gasteiger partial charge in [0.25, 0.3) is 0 Å². The van der Waals surface area contributed by atoms with Gasteiger partial charge in [0.2, 0.25) is 0 Å². The van der Waals surface area contributed by atoms with E-state index in [-0.39, 0.29) is 5.54 Å². The molecule has 0 saturated heterocycles. The van der Waals surface area contributed by atoms with Gasteiger partial charge < -0.3 is 0 Å². The number of hydrogen-bond acceptors (Lipinski definition) is 3. The van der Waals surface area contributed by atoms with Crippen molar-refractivity contribution in [3.8, 4) is 0 Å². The molecule has 0 aromatic rings. The predicted octanol–water partition coefficient (Wildman–Crippen LogP) is 1.13. The number of nitrogens with zero attached hydrogens (tertiary/aromatic N) is 3. The quantitative estimate of drug-likeness (QED) is 0.611. The van der Waals surface area contributed by atoms with E-state index in [0.717, 1.165) is 13.3 Å². The maximum atomic E-state index is 2.44. The third-order valence-electron chi connectivity index (χ3n) is 1.86. The van der Waals surface area contributed by atoms with Crippen molar-refractivity contribution < 1.29 is 0 Å². The van der Waals surface area contributed by atoms with Gasteiger partial charge >= 0.3 is 0 Å². The van der Waals surface area contributed by atoms with Crippen molar-refractivity contribution in [3.63, 3.8) is 0 Å². The Morgan fingerprint density at radius 2 is 1.08 bits per heavy atom. The summed E-state index contributed by atoms with van der Waals surface area (Å²) in [6, 6.07) is 0. The highest BCUT2D eigenvalue weighted by atomic mass is 15.4. The van der Waals surface area contributed by atoms with Crippen molar-refractivity contribution in [2.75, 3.05) is 41.5 Å². The monoisotopic (exact) mass is 187 g/mol. The predicted molar refractivity (Wildman–Crippen MR) is 58.7 cm³/mol. The number of rotatable bonds is 4. The van der Waals surface area contributed by atoms with Gasteiger partial charge in [0.05, 0.1) is 13.3 Å². The second-order valence-electron chi connectivity index (χ2n) is 5.15. The molecule has 0 aliphatic rings. The average molecular weight is 187 g/mol. The molecule has 0 N–H and O–H groups in total. The minimum absolute atomic E-state index is 0.231. The van der Waals surface area contributed by atoms with Crippen LogP contribution in [0.2, 0.25) is 0 Å². The summed E-state index contributed by atoms with van der Waals surface area (Å²) < 4.78 is 0. The fraction of sp³-hybridized carbons (Fsp3) is 1.00. The van der Waals surface area contributed by atoms with Gasteiger partial charge in [-0.1, -0.05) is 0 Å². The van der Waals surface area contributed by atoms with E-state index in [2.05, 4.69) is 63.7 Å². The SMILES string of the molecule is CN(C)CN(CN(C)C)C(C)(C)C. The first-order valence-electron chi connectivity index (χ1n) is 4.78. The Hall–Kier alpha value is -0.120. The van der Waals surface area contributed by atoms with Crippen molar-refractivity contribution in [2.45, 2.75) is 26.3 Å². The Morgan fingerprint density at radius 3 is 1.23 bits per heavy atom. The van der Waals surface area contributed by atoms with E-state index in [1.807, 2.05) is 0 Å². The third kappa shape index (κ3) is 6.02. The molecule has 3 nitrogen and oxygen atoms in total. The fourth-order valence-corrected chi connectivity index (χ4v) is 1.15. The van der Waals surface area contributed by atoms with E-state index in [9.17, 15) is 0 Å². The Bertz CT molecular complexity index is 126. The fourth-order valence-electron chi connectivity index (χ4n) is 1.15. The van der Waals surface area contributed by atoms with Crippen molar-refractivity contribution >= 4 is 0 Å². The van der Waals surface area contributed by atoms with Crippen LogP contribution in [0.4, 0.5) is 0 Å². The first-order valence-corrected chi connectivity index (χ1v) is 4.78. The van der Waals surface area contributed by atoms with Gasteiger partial charge in [-0.05, 0) is 49.0 Å². The smallest absolute Gasteiger partial charge is 0.0517 e. The van der Waals surface area contributed by atoms with Gasteiger partial charge in [0.15, 0.2) is 0 Å². The Balaban J connectivity index is 4.20. The summed E-state index contributed by atoms with van der Waals surface area (Å²) in [4.78, 5) is 6.84. The van der Waals surface area contributed by atoms with Crippen LogP contribution in [0.3, 0.4) is 0 Å². The lowest BCUT2D eigenvalue weighted by Crippen LogP contribution is -2.49. The molecular formula is C10H25N3. The van der Waals surface area contributed by atoms with Crippen molar-refractivity contribution in [2.24, 2.45) is 0 Å². The van der Waals surface area contributed by atoms with Gasteiger partial charge in [-0.25, -0.2) is 0 Å². The minimum Gasteiger partial charge on any atom is -0.297 e. The van der Waals surface area contributed by atoms with Gasteiger partial charge in [-0.15, -0.1) is 0 Å². The summed E-state index contributed by atoms with van der Waals surface area (Å²) in [5.74, 6) is 0. The first-order chi connectivity index (χ1) is 5.73. The average Bonchev–Trinajstić information content (AvgIpc) is 1.81. The van der Waals surface area contributed by atoms with E-state index in [4.69, 9.17) is 0 Å². The molecular weight excluding hydrogens is 162 g/mol. The molecule has 0 saturated carbocycles. The van der Waals surface area contributed by atoms with Crippen LogP contribution in [0.5, 0.6) is 0 Å². The maximum absolute atomic E-state index is 2.44. The largest absolute Gasteiger partial charge is 0.297 e. The molecule has 3 heteroatoms. The van der Waals surface area contributed by atoms with Crippen molar-refractivity contribution in [1.82, 2.24) is 14.7 Å². The minimum atomic E-state index is 0.231. The van der Waals surface area contributed by atoms with Crippen LogP contribution >= 0.6 is 0 Å². The molecule has 0 spiro atoms. The van der Waals surface area contributed by atoms with Crippen LogP contribution in [0.15, 0.2) is 0 Å². The highest BCUT2D eigenvalue weighted by Crippen LogP contribution is 2.12. The highest BCUT2D eigenvalue weighted by molar-refractivity contribution is 4.74. The Kier molecular flexibility index (Phi) is 4.89. The number of hydrogen-bond donors (Lipinski definition) is 0. The summed E-state index contributed by atoms with van der Waals surface area (Å²) in [6.45, 7) is 8.75. The highest BCUT2D eigenvalue weighted by Gasteiger charge is 2.21. The van der Waals surface area contributed by atoms with Gasteiger partial charge in [-0.3, -0.25) is 14.7 Å². The van der Waals surface area contributed by atoms with Crippen LogP contribution in [0, 0.1) is 0 Å². The molecule has 0 aliphatic carbocycles. The molecule has 0 rings (SSSR count). The second-order valence-corrected chi connectivity index (χ2v) is 5.15. The zero-order valence-electron chi connectivity index (χ0n) is 10.3. The molecule has 80 valence electrons. The molecule has 0 aromatic carbocycles. The van der Waals surface area contributed by atoms with Crippen LogP contribution in [0.25, 0.3) is 0 Å². The van der Waals surface area contributed by atoms with Gasteiger partial charge in [-0.2, -0.15) is 0 Å².